The van der Waals surface area contributed by atoms with E-state index < -0.39 is 6.29 Å². The normalized spacial score (nSPS) is 15.4. The molecule has 0 spiro atoms. The molecule has 0 N–H and O–H groups in total. The molecule has 0 aliphatic carbocycles. The molecule has 4 aromatic heterocycles. The number of aromatic nitrogens is 5. The van der Waals surface area contributed by atoms with Gasteiger partial charge in [0.25, 0.3) is 0 Å². The number of rotatable bonds is 3. The van der Waals surface area contributed by atoms with E-state index in [2.05, 4.69) is 21.2 Å². The lowest BCUT2D eigenvalue weighted by Crippen LogP contribution is -2.19. The molecule has 1 aliphatic rings. The Labute approximate surface area is 159 Å². The van der Waals surface area contributed by atoms with Crippen LogP contribution in [0, 0.1) is 0 Å². The number of hydrogen-bond donors (Lipinski definition) is 0. The molecule has 1 saturated heterocycles. The summed E-state index contributed by atoms with van der Waals surface area (Å²) in [4.78, 5) is 9.01. The van der Waals surface area contributed by atoms with Crippen LogP contribution in [0.15, 0.2) is 42.9 Å². The molecule has 0 radical (unpaired) electrons. The van der Waals surface area contributed by atoms with E-state index >= 15 is 0 Å². The minimum atomic E-state index is -0.458. The average molecular weight is 379 g/mol. The summed E-state index contributed by atoms with van der Waals surface area (Å²) in [6, 6.07) is 7.96. The second-order valence-electron chi connectivity index (χ2n) is 6.34. The first kappa shape index (κ1) is 16.5. The van der Waals surface area contributed by atoms with Crippen LogP contribution in [0.5, 0.6) is 0 Å². The fourth-order valence-electron chi connectivity index (χ4n) is 3.21. The van der Waals surface area contributed by atoms with E-state index in [0.717, 1.165) is 44.3 Å². The van der Waals surface area contributed by atoms with E-state index in [9.17, 15) is 0 Å². The van der Waals surface area contributed by atoms with Gasteiger partial charge in [-0.1, -0.05) is 11.3 Å². The topological polar surface area (TPSA) is 75.0 Å². The smallest absolute Gasteiger partial charge is 0.203 e. The molecular formula is C19H17N5O2S. The Kier molecular flexibility index (Phi) is 4.16. The fraction of sp³-hybridized carbons (Fsp3) is 0.263. The van der Waals surface area contributed by atoms with Crippen LogP contribution in [0.1, 0.15) is 18.4 Å². The van der Waals surface area contributed by atoms with E-state index in [-0.39, 0.29) is 0 Å². The Bertz CT molecular complexity index is 1090. The van der Waals surface area contributed by atoms with Crippen LogP contribution >= 0.6 is 11.3 Å². The third kappa shape index (κ3) is 3.01. The lowest BCUT2D eigenvalue weighted by molar-refractivity contribution is -0.184. The quantitative estimate of drug-likeness (QED) is 0.541. The first-order valence-corrected chi connectivity index (χ1v) is 9.55. The van der Waals surface area contributed by atoms with Gasteiger partial charge in [0.2, 0.25) is 6.29 Å². The van der Waals surface area contributed by atoms with Crippen LogP contribution < -0.4 is 0 Å². The minimum Gasteiger partial charge on any atom is -0.349 e. The van der Waals surface area contributed by atoms with Crippen LogP contribution in [0.2, 0.25) is 0 Å². The molecule has 1 aliphatic heterocycles. The van der Waals surface area contributed by atoms with Gasteiger partial charge in [0.1, 0.15) is 16.4 Å². The fourth-order valence-corrected chi connectivity index (χ4v) is 4.00. The van der Waals surface area contributed by atoms with Crippen LogP contribution in [0.25, 0.3) is 32.2 Å². The Morgan fingerprint density at radius 3 is 2.81 bits per heavy atom. The van der Waals surface area contributed by atoms with Gasteiger partial charge in [0.15, 0.2) is 5.01 Å². The highest BCUT2D eigenvalue weighted by Gasteiger charge is 2.24. The molecule has 5 heterocycles. The molecule has 27 heavy (non-hydrogen) atoms. The van der Waals surface area contributed by atoms with Gasteiger partial charge in [-0.15, -0.1) is 10.2 Å². The monoisotopic (exact) mass is 379 g/mol. The lowest BCUT2D eigenvalue weighted by atomic mass is 10.2. The van der Waals surface area contributed by atoms with Crippen LogP contribution in [-0.4, -0.2) is 37.9 Å². The van der Waals surface area contributed by atoms with E-state index in [1.807, 2.05) is 36.0 Å². The third-order valence-electron chi connectivity index (χ3n) is 4.48. The van der Waals surface area contributed by atoms with E-state index in [4.69, 9.17) is 14.5 Å². The molecule has 1 fully saturated rings. The van der Waals surface area contributed by atoms with E-state index in [1.165, 1.54) is 11.3 Å². The van der Waals surface area contributed by atoms with Crippen molar-refractivity contribution in [1.29, 1.82) is 0 Å². The first-order valence-electron chi connectivity index (χ1n) is 8.73. The number of aryl methyl sites for hydroxylation is 1. The predicted molar refractivity (Wildman–Crippen MR) is 102 cm³/mol. The highest BCUT2D eigenvalue weighted by atomic mass is 32.1. The van der Waals surface area contributed by atoms with Crippen molar-refractivity contribution >= 4 is 22.2 Å². The Balaban J connectivity index is 1.61. The van der Waals surface area contributed by atoms with Crippen LogP contribution in [0.3, 0.4) is 0 Å². The minimum absolute atomic E-state index is 0.458. The number of ether oxygens (including phenoxy) is 2. The van der Waals surface area contributed by atoms with Crippen molar-refractivity contribution < 1.29 is 9.47 Å². The van der Waals surface area contributed by atoms with Gasteiger partial charge < -0.3 is 14.0 Å². The van der Waals surface area contributed by atoms with Crippen molar-refractivity contribution in [1.82, 2.24) is 24.7 Å². The zero-order valence-electron chi connectivity index (χ0n) is 14.7. The maximum absolute atomic E-state index is 5.82. The third-order valence-corrected chi connectivity index (χ3v) is 5.48. The zero-order chi connectivity index (χ0) is 18.2. The van der Waals surface area contributed by atoms with Gasteiger partial charge in [0.05, 0.1) is 18.7 Å². The molecule has 0 aromatic carbocycles. The van der Waals surface area contributed by atoms with Crippen molar-refractivity contribution in [3.8, 4) is 21.3 Å². The van der Waals surface area contributed by atoms with Crippen LogP contribution in [-0.2, 0) is 16.5 Å². The molecule has 0 unspecified atom stereocenters. The summed E-state index contributed by atoms with van der Waals surface area (Å²) in [5.74, 6) is 0. The molecule has 7 nitrogen and oxygen atoms in total. The molecule has 0 atom stereocenters. The van der Waals surface area contributed by atoms with Crippen molar-refractivity contribution in [2.24, 2.45) is 7.05 Å². The Morgan fingerprint density at radius 1 is 1.15 bits per heavy atom. The van der Waals surface area contributed by atoms with Gasteiger partial charge in [-0.25, -0.2) is 4.98 Å². The highest BCUT2D eigenvalue weighted by Crippen LogP contribution is 2.34. The number of pyridine rings is 2. The second-order valence-corrected chi connectivity index (χ2v) is 7.32. The van der Waals surface area contributed by atoms with Gasteiger partial charge >= 0.3 is 0 Å². The summed E-state index contributed by atoms with van der Waals surface area (Å²) >= 11 is 1.50. The summed E-state index contributed by atoms with van der Waals surface area (Å²) in [5.41, 5.74) is 3.52. The van der Waals surface area contributed by atoms with Crippen molar-refractivity contribution in [3.63, 3.8) is 0 Å². The van der Waals surface area contributed by atoms with Crippen molar-refractivity contribution in [2.45, 2.75) is 12.7 Å². The summed E-state index contributed by atoms with van der Waals surface area (Å²) in [6.45, 7) is 1.35. The highest BCUT2D eigenvalue weighted by molar-refractivity contribution is 7.17. The lowest BCUT2D eigenvalue weighted by Gasteiger charge is -2.23. The SMILES string of the molecule is Cn1ccc2cc(-c3nnc(-c4cccnc4)s3)nc(C3OCCCO3)c21. The van der Waals surface area contributed by atoms with Gasteiger partial charge in [-0.3, -0.25) is 4.98 Å². The first-order chi connectivity index (χ1) is 13.3. The Hall–Kier alpha value is -2.68. The second kappa shape index (κ2) is 6.80. The summed E-state index contributed by atoms with van der Waals surface area (Å²) in [7, 11) is 2.00. The summed E-state index contributed by atoms with van der Waals surface area (Å²) in [6.07, 6.45) is 5.99. The van der Waals surface area contributed by atoms with Crippen molar-refractivity contribution in [3.05, 3.63) is 48.5 Å². The van der Waals surface area contributed by atoms with E-state index in [1.54, 1.807) is 12.4 Å². The number of hydrogen-bond acceptors (Lipinski definition) is 7. The van der Waals surface area contributed by atoms with Crippen molar-refractivity contribution in [2.75, 3.05) is 13.2 Å². The molecule has 0 saturated carbocycles. The van der Waals surface area contributed by atoms with Gasteiger partial charge in [-0.2, -0.15) is 0 Å². The largest absolute Gasteiger partial charge is 0.349 e. The maximum atomic E-state index is 5.82. The number of nitrogens with zero attached hydrogens (tertiary/aromatic N) is 5. The standard InChI is InChI=1S/C19H17N5O2S/c1-24-7-5-12-10-14(21-15(16(12)24)19-25-8-3-9-26-19)18-23-22-17(27-18)13-4-2-6-20-11-13/h2,4-7,10-11,19H,3,8-9H2,1H3. The molecule has 4 aromatic rings. The van der Waals surface area contributed by atoms with Gasteiger partial charge in [-0.05, 0) is 30.7 Å². The van der Waals surface area contributed by atoms with Crippen LogP contribution in [0.4, 0.5) is 0 Å². The molecule has 0 amide bonds. The molecule has 136 valence electrons. The molecule has 5 rings (SSSR count). The molecule has 0 bridgehead atoms. The maximum Gasteiger partial charge on any atom is 0.203 e. The predicted octanol–water partition coefficient (Wildman–Crippen LogP) is 3.59. The number of fused-ring (bicyclic) bond motifs is 1. The molecular weight excluding hydrogens is 362 g/mol. The summed E-state index contributed by atoms with van der Waals surface area (Å²) < 4.78 is 13.7. The average Bonchev–Trinajstić information content (AvgIpc) is 3.36. The van der Waals surface area contributed by atoms with Gasteiger partial charge in [0, 0.05) is 36.6 Å². The Morgan fingerprint density at radius 2 is 2.00 bits per heavy atom. The molecule has 8 heteroatoms. The summed E-state index contributed by atoms with van der Waals surface area (Å²) in [5, 5.41) is 11.3. The zero-order valence-corrected chi connectivity index (χ0v) is 15.5. The van der Waals surface area contributed by atoms with E-state index in [0.29, 0.717) is 13.2 Å².